The van der Waals surface area contributed by atoms with Crippen molar-refractivity contribution in [1.29, 1.82) is 0 Å². The molecule has 1 aromatic carbocycles. The number of rotatable bonds is 3. The third kappa shape index (κ3) is 2.75. The number of ether oxygens (including phenoxy) is 1. The number of hydrogen-bond donors (Lipinski definition) is 1. The zero-order valence-corrected chi connectivity index (χ0v) is 11.0. The molecule has 0 bridgehead atoms. The number of benzene rings is 1. The summed E-state index contributed by atoms with van der Waals surface area (Å²) in [6.07, 6.45) is 2.21. The van der Waals surface area contributed by atoms with Gasteiger partial charge in [-0.3, -0.25) is 4.79 Å². The molecule has 4 nitrogen and oxygen atoms in total. The minimum absolute atomic E-state index is 0.0723. The number of likely N-dealkylation sites (tertiary alicyclic amines) is 1. The number of aryl methyl sites for hydroxylation is 2. The number of amides is 1. The van der Waals surface area contributed by atoms with E-state index in [4.69, 9.17) is 10.5 Å². The van der Waals surface area contributed by atoms with Gasteiger partial charge in [0.2, 0.25) is 0 Å². The van der Waals surface area contributed by atoms with Gasteiger partial charge in [-0.05, 0) is 49.9 Å². The maximum absolute atomic E-state index is 11.9. The molecule has 1 fully saturated rings. The van der Waals surface area contributed by atoms with Gasteiger partial charge in [0.1, 0.15) is 5.75 Å². The van der Waals surface area contributed by atoms with Gasteiger partial charge >= 0.3 is 0 Å². The molecule has 1 aliphatic rings. The van der Waals surface area contributed by atoms with Crippen molar-refractivity contribution in [3.63, 3.8) is 0 Å². The lowest BCUT2D eigenvalue weighted by Crippen LogP contribution is -2.32. The van der Waals surface area contributed by atoms with Crippen molar-refractivity contribution in [2.75, 3.05) is 25.4 Å². The van der Waals surface area contributed by atoms with Crippen molar-refractivity contribution in [1.82, 2.24) is 4.90 Å². The van der Waals surface area contributed by atoms with E-state index in [2.05, 4.69) is 0 Å². The number of carbonyl (C=O) groups is 1. The fraction of sp³-hybridized carbons (Fsp3) is 0.500. The first kappa shape index (κ1) is 12.7. The highest BCUT2D eigenvalue weighted by molar-refractivity contribution is 5.78. The van der Waals surface area contributed by atoms with Gasteiger partial charge in [-0.25, -0.2) is 0 Å². The number of nitrogen functional groups attached to an aromatic ring is 1. The van der Waals surface area contributed by atoms with Crippen LogP contribution in [0.5, 0.6) is 5.75 Å². The average Bonchev–Trinajstić information content (AvgIpc) is 2.80. The molecule has 0 spiro atoms. The Hall–Kier alpha value is -1.71. The second kappa shape index (κ2) is 5.29. The Morgan fingerprint density at radius 3 is 2.39 bits per heavy atom. The fourth-order valence-electron chi connectivity index (χ4n) is 2.40. The molecule has 0 radical (unpaired) electrons. The highest BCUT2D eigenvalue weighted by Gasteiger charge is 2.18. The van der Waals surface area contributed by atoms with Crippen molar-refractivity contribution in [3.05, 3.63) is 23.3 Å². The van der Waals surface area contributed by atoms with Gasteiger partial charge < -0.3 is 15.4 Å². The number of carbonyl (C=O) groups excluding carboxylic acids is 1. The minimum atomic E-state index is 0.0723. The Bertz CT molecular complexity index is 428. The van der Waals surface area contributed by atoms with Crippen LogP contribution in [-0.4, -0.2) is 30.5 Å². The van der Waals surface area contributed by atoms with Gasteiger partial charge in [-0.1, -0.05) is 0 Å². The van der Waals surface area contributed by atoms with Crippen LogP contribution in [0, 0.1) is 13.8 Å². The molecule has 1 amide bonds. The van der Waals surface area contributed by atoms with E-state index in [1.165, 1.54) is 0 Å². The number of nitrogens with two attached hydrogens (primary N) is 1. The van der Waals surface area contributed by atoms with Crippen molar-refractivity contribution in [2.24, 2.45) is 0 Å². The maximum atomic E-state index is 11.9. The van der Waals surface area contributed by atoms with Gasteiger partial charge in [0.15, 0.2) is 6.61 Å². The molecule has 1 saturated heterocycles. The molecule has 1 heterocycles. The molecule has 1 aromatic rings. The van der Waals surface area contributed by atoms with E-state index in [9.17, 15) is 4.79 Å². The topological polar surface area (TPSA) is 55.6 Å². The lowest BCUT2D eigenvalue weighted by atomic mass is 10.1. The van der Waals surface area contributed by atoms with Crippen molar-refractivity contribution in [2.45, 2.75) is 26.7 Å². The van der Waals surface area contributed by atoms with E-state index >= 15 is 0 Å². The Morgan fingerprint density at radius 1 is 1.28 bits per heavy atom. The van der Waals surface area contributed by atoms with E-state index in [-0.39, 0.29) is 12.5 Å². The molecule has 0 saturated carbocycles. The van der Waals surface area contributed by atoms with Gasteiger partial charge in [-0.2, -0.15) is 0 Å². The smallest absolute Gasteiger partial charge is 0.260 e. The van der Waals surface area contributed by atoms with Gasteiger partial charge in [0.05, 0.1) is 0 Å². The molecule has 98 valence electrons. The van der Waals surface area contributed by atoms with Crippen LogP contribution < -0.4 is 10.5 Å². The summed E-state index contributed by atoms with van der Waals surface area (Å²) in [4.78, 5) is 13.7. The summed E-state index contributed by atoms with van der Waals surface area (Å²) in [5, 5.41) is 0. The van der Waals surface area contributed by atoms with Crippen molar-refractivity contribution >= 4 is 11.6 Å². The van der Waals surface area contributed by atoms with Crippen LogP contribution in [0.15, 0.2) is 12.1 Å². The Balaban J connectivity index is 1.99. The van der Waals surface area contributed by atoms with E-state index in [0.717, 1.165) is 48.5 Å². The normalized spacial score (nSPS) is 14.9. The Morgan fingerprint density at radius 2 is 1.83 bits per heavy atom. The SMILES string of the molecule is Cc1cc(N)cc(C)c1OCC(=O)N1CCCC1. The summed E-state index contributed by atoms with van der Waals surface area (Å²) in [5.74, 6) is 0.847. The molecule has 0 aromatic heterocycles. The number of hydrogen-bond acceptors (Lipinski definition) is 3. The molecule has 18 heavy (non-hydrogen) atoms. The van der Waals surface area contributed by atoms with Crippen LogP contribution >= 0.6 is 0 Å². The van der Waals surface area contributed by atoms with E-state index < -0.39 is 0 Å². The third-order valence-electron chi connectivity index (χ3n) is 3.28. The molecule has 0 atom stereocenters. The average molecular weight is 248 g/mol. The quantitative estimate of drug-likeness (QED) is 0.831. The van der Waals surface area contributed by atoms with Crippen LogP contribution in [0.2, 0.25) is 0 Å². The minimum Gasteiger partial charge on any atom is -0.483 e. The lowest BCUT2D eigenvalue weighted by molar-refractivity contribution is -0.132. The highest BCUT2D eigenvalue weighted by Crippen LogP contribution is 2.25. The molecule has 2 rings (SSSR count). The molecular formula is C14H20N2O2. The van der Waals surface area contributed by atoms with Crippen molar-refractivity contribution < 1.29 is 9.53 Å². The van der Waals surface area contributed by atoms with Crippen LogP contribution in [-0.2, 0) is 4.79 Å². The zero-order chi connectivity index (χ0) is 13.1. The lowest BCUT2D eigenvalue weighted by Gasteiger charge is -2.17. The summed E-state index contributed by atoms with van der Waals surface area (Å²) in [7, 11) is 0. The van der Waals surface area contributed by atoms with Gasteiger partial charge in [0.25, 0.3) is 5.91 Å². The van der Waals surface area contributed by atoms with Crippen LogP contribution in [0.25, 0.3) is 0 Å². The molecule has 0 unspecified atom stereocenters. The van der Waals surface area contributed by atoms with E-state index in [1.807, 2.05) is 30.9 Å². The summed E-state index contributed by atoms with van der Waals surface area (Å²) in [5.41, 5.74) is 8.43. The largest absolute Gasteiger partial charge is 0.483 e. The molecule has 4 heteroatoms. The first-order chi connectivity index (χ1) is 8.58. The van der Waals surface area contributed by atoms with Crippen LogP contribution in [0.4, 0.5) is 5.69 Å². The van der Waals surface area contributed by atoms with E-state index in [1.54, 1.807) is 0 Å². The first-order valence-electron chi connectivity index (χ1n) is 6.35. The maximum Gasteiger partial charge on any atom is 0.260 e. The summed E-state index contributed by atoms with van der Waals surface area (Å²) in [6.45, 7) is 5.73. The standard InChI is InChI=1S/C14H20N2O2/c1-10-7-12(15)8-11(2)14(10)18-9-13(17)16-5-3-4-6-16/h7-8H,3-6,9,15H2,1-2H3. The third-order valence-corrected chi connectivity index (χ3v) is 3.28. The zero-order valence-electron chi connectivity index (χ0n) is 11.0. The molecular weight excluding hydrogens is 228 g/mol. The second-order valence-electron chi connectivity index (χ2n) is 4.86. The van der Waals surface area contributed by atoms with E-state index in [0.29, 0.717) is 0 Å². The number of nitrogens with zero attached hydrogens (tertiary/aromatic N) is 1. The second-order valence-corrected chi connectivity index (χ2v) is 4.86. The molecule has 0 aliphatic carbocycles. The Kier molecular flexibility index (Phi) is 3.75. The monoisotopic (exact) mass is 248 g/mol. The first-order valence-corrected chi connectivity index (χ1v) is 6.35. The molecule has 2 N–H and O–H groups in total. The Labute approximate surface area is 108 Å². The van der Waals surface area contributed by atoms with Crippen molar-refractivity contribution in [3.8, 4) is 5.75 Å². The highest BCUT2D eigenvalue weighted by atomic mass is 16.5. The number of anilines is 1. The summed E-state index contributed by atoms with van der Waals surface area (Å²) >= 11 is 0. The summed E-state index contributed by atoms with van der Waals surface area (Å²) < 4.78 is 5.65. The van der Waals surface area contributed by atoms with Gasteiger partial charge in [-0.15, -0.1) is 0 Å². The molecule has 1 aliphatic heterocycles. The van der Waals surface area contributed by atoms with Crippen LogP contribution in [0.3, 0.4) is 0 Å². The predicted octanol–water partition coefficient (Wildman–Crippen LogP) is 1.89. The summed E-state index contributed by atoms with van der Waals surface area (Å²) in [6, 6.07) is 3.73. The van der Waals surface area contributed by atoms with Gasteiger partial charge in [0, 0.05) is 18.8 Å². The fourth-order valence-corrected chi connectivity index (χ4v) is 2.40. The predicted molar refractivity (Wildman–Crippen MR) is 71.6 cm³/mol. The van der Waals surface area contributed by atoms with Crippen LogP contribution in [0.1, 0.15) is 24.0 Å².